The molecule has 4 heteroatoms. The van der Waals surface area contributed by atoms with E-state index in [1.54, 1.807) is 0 Å². The molecule has 0 atom stereocenters. The Hall–Kier alpha value is -5.45. The SMILES string of the molecule is CC1(C)c2ccccc2-c2c(-c3ccc4sc5cccc(-c6nc(-c7ccccc7)nc(-c7ccccc7)n6)c5c4c3)cccc21. The molecule has 2 heterocycles. The number of rotatable bonds is 4. The zero-order chi connectivity index (χ0) is 30.8. The predicted octanol–water partition coefficient (Wildman–Crippen LogP) is 11.2. The first kappa shape index (κ1) is 26.9. The molecule has 0 spiro atoms. The van der Waals surface area contributed by atoms with Crippen LogP contribution in [-0.2, 0) is 5.41 Å². The average molecular weight is 608 g/mol. The Labute approximate surface area is 271 Å². The molecule has 0 aliphatic heterocycles. The fraction of sp³-hybridized carbons (Fsp3) is 0.0714. The van der Waals surface area contributed by atoms with Crippen molar-refractivity contribution in [3.05, 3.63) is 151 Å². The van der Waals surface area contributed by atoms with Crippen LogP contribution in [0.5, 0.6) is 0 Å². The van der Waals surface area contributed by atoms with E-state index in [4.69, 9.17) is 15.0 Å². The Balaban J connectivity index is 1.27. The molecule has 0 bridgehead atoms. The van der Waals surface area contributed by atoms with E-state index < -0.39 is 0 Å². The van der Waals surface area contributed by atoms with Crippen LogP contribution >= 0.6 is 11.3 Å². The van der Waals surface area contributed by atoms with Crippen molar-refractivity contribution >= 4 is 31.5 Å². The summed E-state index contributed by atoms with van der Waals surface area (Å²) in [5.74, 6) is 2.02. The molecule has 8 aromatic rings. The second kappa shape index (κ2) is 10.3. The van der Waals surface area contributed by atoms with Crippen molar-refractivity contribution in [1.82, 2.24) is 15.0 Å². The van der Waals surface area contributed by atoms with Gasteiger partial charge in [-0.05, 0) is 51.6 Å². The summed E-state index contributed by atoms with van der Waals surface area (Å²) < 4.78 is 2.47. The third-order valence-electron chi connectivity index (χ3n) is 9.35. The summed E-state index contributed by atoms with van der Waals surface area (Å²) in [5.41, 5.74) is 10.9. The van der Waals surface area contributed by atoms with Gasteiger partial charge < -0.3 is 0 Å². The number of thiophene rings is 1. The van der Waals surface area contributed by atoms with Crippen LogP contribution in [-0.4, -0.2) is 15.0 Å². The van der Waals surface area contributed by atoms with E-state index in [0.29, 0.717) is 17.5 Å². The van der Waals surface area contributed by atoms with Crippen molar-refractivity contribution in [2.24, 2.45) is 0 Å². The first-order valence-corrected chi connectivity index (χ1v) is 16.4. The minimum atomic E-state index is -0.0418. The Morgan fingerprint density at radius 2 is 1.04 bits per heavy atom. The first-order valence-electron chi connectivity index (χ1n) is 15.6. The van der Waals surface area contributed by atoms with Crippen LogP contribution in [0.15, 0.2) is 140 Å². The third kappa shape index (κ3) is 4.14. The summed E-state index contributed by atoms with van der Waals surface area (Å²) in [6.07, 6.45) is 0. The summed E-state index contributed by atoms with van der Waals surface area (Å²) in [7, 11) is 0. The molecule has 0 fully saturated rings. The molecular weight excluding hydrogens is 579 g/mol. The highest BCUT2D eigenvalue weighted by atomic mass is 32.1. The molecule has 0 saturated heterocycles. The van der Waals surface area contributed by atoms with Gasteiger partial charge >= 0.3 is 0 Å². The zero-order valence-electron chi connectivity index (χ0n) is 25.5. The molecule has 1 aliphatic rings. The van der Waals surface area contributed by atoms with Gasteiger partial charge in [-0.2, -0.15) is 0 Å². The van der Waals surface area contributed by atoms with Crippen molar-refractivity contribution in [2.75, 3.05) is 0 Å². The van der Waals surface area contributed by atoms with Gasteiger partial charge in [0.2, 0.25) is 0 Å². The summed E-state index contributed by atoms with van der Waals surface area (Å²) in [6, 6.07) is 49.4. The molecule has 0 radical (unpaired) electrons. The maximum absolute atomic E-state index is 5.09. The molecule has 0 N–H and O–H groups in total. The molecular formula is C42H29N3S. The van der Waals surface area contributed by atoms with Gasteiger partial charge in [0, 0.05) is 42.3 Å². The lowest BCUT2D eigenvalue weighted by Gasteiger charge is -2.21. The molecule has 0 unspecified atom stereocenters. The topological polar surface area (TPSA) is 38.7 Å². The maximum atomic E-state index is 5.09. The number of aromatic nitrogens is 3. The van der Waals surface area contributed by atoms with Gasteiger partial charge in [0.05, 0.1) is 0 Å². The Bertz CT molecular complexity index is 2380. The van der Waals surface area contributed by atoms with E-state index in [1.165, 1.54) is 53.6 Å². The maximum Gasteiger partial charge on any atom is 0.164 e. The van der Waals surface area contributed by atoms with E-state index in [9.17, 15) is 0 Å². The van der Waals surface area contributed by atoms with Crippen LogP contribution in [0, 0.1) is 0 Å². The molecule has 3 nitrogen and oxygen atoms in total. The Morgan fingerprint density at radius 3 is 1.78 bits per heavy atom. The highest BCUT2D eigenvalue weighted by molar-refractivity contribution is 7.26. The summed E-state index contributed by atoms with van der Waals surface area (Å²) in [6.45, 7) is 4.68. The summed E-state index contributed by atoms with van der Waals surface area (Å²) >= 11 is 1.82. The van der Waals surface area contributed by atoms with Crippen LogP contribution in [0.25, 0.3) is 76.6 Å². The van der Waals surface area contributed by atoms with Gasteiger partial charge in [0.25, 0.3) is 0 Å². The standard InChI is InChI=1S/C42H29N3S/c1-42(2)33-20-10-9-17-30(33)37-29(18-11-21-34(37)42)28-23-24-35-32(25-28)38-31(19-12-22-36(38)46-35)41-44-39(26-13-5-3-6-14-26)43-40(45-41)27-15-7-4-8-16-27/h3-25H,1-2H3. The number of hydrogen-bond acceptors (Lipinski definition) is 4. The smallest absolute Gasteiger partial charge is 0.164 e. The average Bonchev–Trinajstić information content (AvgIpc) is 3.61. The molecule has 218 valence electrons. The molecule has 2 aromatic heterocycles. The lowest BCUT2D eigenvalue weighted by atomic mass is 9.82. The molecule has 9 rings (SSSR count). The van der Waals surface area contributed by atoms with E-state index in [-0.39, 0.29) is 5.41 Å². The Morgan fingerprint density at radius 1 is 0.457 bits per heavy atom. The predicted molar refractivity (Wildman–Crippen MR) is 192 cm³/mol. The first-order chi connectivity index (χ1) is 22.6. The van der Waals surface area contributed by atoms with Crippen molar-refractivity contribution in [3.8, 4) is 56.4 Å². The minimum absolute atomic E-state index is 0.0418. The minimum Gasteiger partial charge on any atom is -0.208 e. The van der Waals surface area contributed by atoms with Gasteiger partial charge in [-0.3, -0.25) is 0 Å². The van der Waals surface area contributed by atoms with E-state index in [1.807, 2.05) is 47.7 Å². The van der Waals surface area contributed by atoms with Crippen LogP contribution in [0.1, 0.15) is 25.0 Å². The zero-order valence-corrected chi connectivity index (χ0v) is 26.3. The third-order valence-corrected chi connectivity index (χ3v) is 10.5. The second-order valence-corrected chi connectivity index (χ2v) is 13.5. The molecule has 0 saturated carbocycles. The van der Waals surface area contributed by atoms with Crippen molar-refractivity contribution < 1.29 is 0 Å². The van der Waals surface area contributed by atoms with Crippen molar-refractivity contribution in [3.63, 3.8) is 0 Å². The molecule has 0 amide bonds. The Kier molecular flexibility index (Phi) is 6.02. The fourth-order valence-corrected chi connectivity index (χ4v) is 8.22. The van der Waals surface area contributed by atoms with Gasteiger partial charge in [-0.1, -0.05) is 135 Å². The molecule has 6 aromatic carbocycles. The van der Waals surface area contributed by atoms with E-state index >= 15 is 0 Å². The molecule has 1 aliphatic carbocycles. The van der Waals surface area contributed by atoms with E-state index in [2.05, 4.69) is 117 Å². The number of nitrogens with zero attached hydrogens (tertiary/aromatic N) is 3. The number of benzene rings is 6. The number of hydrogen-bond donors (Lipinski definition) is 0. The van der Waals surface area contributed by atoms with Crippen molar-refractivity contribution in [1.29, 1.82) is 0 Å². The highest BCUT2D eigenvalue weighted by Gasteiger charge is 2.36. The van der Waals surface area contributed by atoms with Gasteiger partial charge in [0.15, 0.2) is 17.5 Å². The monoisotopic (exact) mass is 607 g/mol. The number of fused-ring (bicyclic) bond motifs is 6. The highest BCUT2D eigenvalue weighted by Crippen LogP contribution is 2.52. The quantitative estimate of drug-likeness (QED) is 0.200. The summed E-state index contributed by atoms with van der Waals surface area (Å²) in [4.78, 5) is 15.1. The lowest BCUT2D eigenvalue weighted by Crippen LogP contribution is -2.14. The lowest BCUT2D eigenvalue weighted by molar-refractivity contribution is 0.660. The fourth-order valence-electron chi connectivity index (χ4n) is 7.10. The van der Waals surface area contributed by atoms with Gasteiger partial charge in [-0.25, -0.2) is 15.0 Å². The van der Waals surface area contributed by atoms with Gasteiger partial charge in [-0.15, -0.1) is 11.3 Å². The van der Waals surface area contributed by atoms with E-state index in [0.717, 1.165) is 16.7 Å². The molecule has 46 heavy (non-hydrogen) atoms. The van der Waals surface area contributed by atoms with Crippen LogP contribution in [0.4, 0.5) is 0 Å². The second-order valence-electron chi connectivity index (χ2n) is 12.4. The summed E-state index contributed by atoms with van der Waals surface area (Å²) in [5, 5.41) is 2.40. The normalized spacial score (nSPS) is 13.2. The van der Waals surface area contributed by atoms with Crippen molar-refractivity contribution in [2.45, 2.75) is 19.3 Å². The van der Waals surface area contributed by atoms with Crippen LogP contribution < -0.4 is 0 Å². The van der Waals surface area contributed by atoms with Crippen LogP contribution in [0.3, 0.4) is 0 Å². The van der Waals surface area contributed by atoms with Crippen LogP contribution in [0.2, 0.25) is 0 Å². The van der Waals surface area contributed by atoms with Gasteiger partial charge in [0.1, 0.15) is 0 Å². The largest absolute Gasteiger partial charge is 0.208 e.